The molecule has 0 fully saturated rings. The second kappa shape index (κ2) is 9.18. The molecule has 2 aromatic heterocycles. The van der Waals surface area contributed by atoms with Gasteiger partial charge in [0.15, 0.2) is 11.5 Å². The van der Waals surface area contributed by atoms with E-state index in [9.17, 15) is 0 Å². The molecule has 8 nitrogen and oxygen atoms in total. The Kier molecular flexibility index (Phi) is 6.43. The Morgan fingerprint density at radius 3 is 2.67 bits per heavy atom. The predicted octanol–water partition coefficient (Wildman–Crippen LogP) is 3.33. The number of anilines is 1. The highest BCUT2D eigenvalue weighted by Crippen LogP contribution is 2.29. The Balaban J connectivity index is 1.67. The standard InChI is InChI=1S/C18H21ClN6O2/c1-3-25-18(22-23-24-25)21-10-13-5-7-15(16(9-13)26-4-2)27-12-14-6-8-17(19)20-11-14/h5-9,11H,3-4,10,12H2,1-2H3,(H,21,22,24). The van der Waals surface area contributed by atoms with Crippen LogP contribution < -0.4 is 14.8 Å². The van der Waals surface area contributed by atoms with Crippen molar-refractivity contribution in [2.75, 3.05) is 11.9 Å². The summed E-state index contributed by atoms with van der Waals surface area (Å²) in [5.41, 5.74) is 1.96. The van der Waals surface area contributed by atoms with Crippen LogP contribution in [0, 0.1) is 0 Å². The largest absolute Gasteiger partial charge is 0.490 e. The van der Waals surface area contributed by atoms with E-state index in [4.69, 9.17) is 21.1 Å². The maximum absolute atomic E-state index is 5.89. The number of tetrazole rings is 1. The maximum Gasteiger partial charge on any atom is 0.243 e. The van der Waals surface area contributed by atoms with Gasteiger partial charge < -0.3 is 14.8 Å². The van der Waals surface area contributed by atoms with Gasteiger partial charge in [0.2, 0.25) is 5.95 Å². The number of benzene rings is 1. The quantitative estimate of drug-likeness (QED) is 0.562. The minimum absolute atomic E-state index is 0.382. The molecule has 27 heavy (non-hydrogen) atoms. The third kappa shape index (κ3) is 5.07. The van der Waals surface area contributed by atoms with Crippen LogP contribution in [0.15, 0.2) is 36.5 Å². The van der Waals surface area contributed by atoms with Gasteiger partial charge in [-0.1, -0.05) is 28.8 Å². The summed E-state index contributed by atoms with van der Waals surface area (Å²) in [5, 5.41) is 15.2. The fourth-order valence-electron chi connectivity index (χ4n) is 2.43. The lowest BCUT2D eigenvalue weighted by Crippen LogP contribution is -2.08. The molecule has 0 amide bonds. The summed E-state index contributed by atoms with van der Waals surface area (Å²) in [7, 11) is 0. The molecule has 0 aliphatic rings. The highest BCUT2D eigenvalue weighted by Gasteiger charge is 2.09. The third-order valence-corrected chi connectivity index (χ3v) is 4.00. The van der Waals surface area contributed by atoms with E-state index in [-0.39, 0.29) is 0 Å². The number of aromatic nitrogens is 5. The van der Waals surface area contributed by atoms with Gasteiger partial charge in [0.1, 0.15) is 11.8 Å². The van der Waals surface area contributed by atoms with Crippen LogP contribution in [0.4, 0.5) is 5.95 Å². The van der Waals surface area contributed by atoms with E-state index < -0.39 is 0 Å². The van der Waals surface area contributed by atoms with Crippen LogP contribution in [-0.4, -0.2) is 31.8 Å². The molecule has 3 rings (SSSR count). The summed E-state index contributed by atoms with van der Waals surface area (Å²) < 4.78 is 13.3. The SMILES string of the molecule is CCOc1cc(CNc2nnnn2CC)ccc1OCc1ccc(Cl)nc1. The predicted molar refractivity (Wildman–Crippen MR) is 102 cm³/mol. The van der Waals surface area contributed by atoms with Crippen LogP contribution in [0.3, 0.4) is 0 Å². The molecule has 142 valence electrons. The normalized spacial score (nSPS) is 10.6. The van der Waals surface area contributed by atoms with Crippen molar-refractivity contribution in [1.82, 2.24) is 25.2 Å². The van der Waals surface area contributed by atoms with E-state index in [0.717, 1.165) is 11.1 Å². The fraction of sp³-hybridized carbons (Fsp3) is 0.333. The first-order valence-electron chi connectivity index (χ1n) is 8.68. The number of halogens is 1. The van der Waals surface area contributed by atoms with Gasteiger partial charge in [-0.25, -0.2) is 9.67 Å². The van der Waals surface area contributed by atoms with Crippen molar-refractivity contribution in [3.63, 3.8) is 0 Å². The summed E-state index contributed by atoms with van der Waals surface area (Å²) in [6.07, 6.45) is 1.69. The highest BCUT2D eigenvalue weighted by molar-refractivity contribution is 6.29. The van der Waals surface area contributed by atoms with Crippen molar-refractivity contribution in [3.05, 3.63) is 52.8 Å². The molecule has 0 atom stereocenters. The second-order valence-electron chi connectivity index (χ2n) is 5.66. The Morgan fingerprint density at radius 2 is 1.93 bits per heavy atom. The van der Waals surface area contributed by atoms with Gasteiger partial charge in [-0.05, 0) is 48.0 Å². The average Bonchev–Trinajstić information content (AvgIpc) is 3.15. The molecule has 0 aliphatic heterocycles. The van der Waals surface area contributed by atoms with Crippen LogP contribution in [0.1, 0.15) is 25.0 Å². The summed E-state index contributed by atoms with van der Waals surface area (Å²) in [6.45, 7) is 6.12. The molecule has 0 saturated heterocycles. The number of nitrogens with zero attached hydrogens (tertiary/aromatic N) is 5. The lowest BCUT2D eigenvalue weighted by molar-refractivity contribution is 0.269. The van der Waals surface area contributed by atoms with E-state index in [2.05, 4.69) is 25.8 Å². The zero-order valence-electron chi connectivity index (χ0n) is 15.2. The molecular weight excluding hydrogens is 368 g/mol. The van der Waals surface area contributed by atoms with Crippen molar-refractivity contribution in [1.29, 1.82) is 0 Å². The van der Waals surface area contributed by atoms with Gasteiger partial charge in [0.25, 0.3) is 0 Å². The Morgan fingerprint density at radius 1 is 1.07 bits per heavy atom. The number of rotatable bonds is 9. The Labute approximate surface area is 162 Å². The van der Waals surface area contributed by atoms with E-state index in [1.165, 1.54) is 0 Å². The van der Waals surface area contributed by atoms with Crippen LogP contribution >= 0.6 is 11.6 Å². The van der Waals surface area contributed by atoms with Crippen molar-refractivity contribution in [2.24, 2.45) is 0 Å². The number of aryl methyl sites for hydroxylation is 1. The smallest absolute Gasteiger partial charge is 0.243 e. The molecule has 9 heteroatoms. The van der Waals surface area contributed by atoms with Crippen molar-refractivity contribution >= 4 is 17.5 Å². The van der Waals surface area contributed by atoms with Gasteiger partial charge in [0.05, 0.1) is 6.61 Å². The molecule has 0 spiro atoms. The number of ether oxygens (including phenoxy) is 2. The van der Waals surface area contributed by atoms with Crippen LogP contribution in [-0.2, 0) is 19.7 Å². The summed E-state index contributed by atoms with van der Waals surface area (Å²) in [6, 6.07) is 9.44. The van der Waals surface area contributed by atoms with E-state index in [0.29, 0.717) is 48.9 Å². The van der Waals surface area contributed by atoms with Crippen LogP contribution in [0.5, 0.6) is 11.5 Å². The monoisotopic (exact) mass is 388 g/mol. The Bertz CT molecular complexity index is 869. The molecule has 0 aliphatic carbocycles. The maximum atomic E-state index is 5.89. The lowest BCUT2D eigenvalue weighted by Gasteiger charge is -2.14. The number of nitrogens with one attached hydrogen (secondary N) is 1. The molecule has 0 unspecified atom stereocenters. The summed E-state index contributed by atoms with van der Waals surface area (Å²) in [4.78, 5) is 4.05. The molecule has 1 N–H and O–H groups in total. The van der Waals surface area contributed by atoms with Gasteiger partial charge in [-0.3, -0.25) is 0 Å². The highest BCUT2D eigenvalue weighted by atomic mass is 35.5. The van der Waals surface area contributed by atoms with Crippen LogP contribution in [0.2, 0.25) is 5.15 Å². The summed E-state index contributed by atoms with van der Waals surface area (Å²) in [5.74, 6) is 1.99. The van der Waals surface area contributed by atoms with Crippen LogP contribution in [0.25, 0.3) is 0 Å². The van der Waals surface area contributed by atoms with Gasteiger partial charge in [-0.15, -0.1) is 0 Å². The van der Waals surface area contributed by atoms with Gasteiger partial charge in [-0.2, -0.15) is 0 Å². The zero-order chi connectivity index (χ0) is 19.1. The molecule has 3 aromatic rings. The molecule has 0 saturated carbocycles. The first kappa shape index (κ1) is 18.9. The van der Waals surface area contributed by atoms with E-state index >= 15 is 0 Å². The molecular formula is C18H21ClN6O2. The minimum atomic E-state index is 0.382. The average molecular weight is 389 g/mol. The first-order valence-corrected chi connectivity index (χ1v) is 9.06. The number of hydrogen-bond acceptors (Lipinski definition) is 7. The second-order valence-corrected chi connectivity index (χ2v) is 6.05. The zero-order valence-corrected chi connectivity index (χ0v) is 16.0. The van der Waals surface area contributed by atoms with Crippen molar-refractivity contribution in [3.8, 4) is 11.5 Å². The number of hydrogen-bond donors (Lipinski definition) is 1. The van der Waals surface area contributed by atoms with Crippen molar-refractivity contribution < 1.29 is 9.47 Å². The molecule has 0 bridgehead atoms. The minimum Gasteiger partial charge on any atom is -0.490 e. The van der Waals surface area contributed by atoms with E-state index in [1.807, 2.05) is 38.1 Å². The van der Waals surface area contributed by atoms with Gasteiger partial charge in [0, 0.05) is 24.8 Å². The number of pyridine rings is 1. The Hall–Kier alpha value is -2.87. The summed E-state index contributed by atoms with van der Waals surface area (Å²) >= 11 is 5.81. The lowest BCUT2D eigenvalue weighted by atomic mass is 10.2. The molecule has 0 radical (unpaired) electrons. The molecule has 2 heterocycles. The van der Waals surface area contributed by atoms with Crippen molar-refractivity contribution in [2.45, 2.75) is 33.5 Å². The third-order valence-electron chi connectivity index (χ3n) is 3.77. The molecule has 1 aromatic carbocycles. The van der Waals surface area contributed by atoms with E-state index in [1.54, 1.807) is 16.9 Å². The topological polar surface area (TPSA) is 87.0 Å². The first-order chi connectivity index (χ1) is 13.2. The fourth-order valence-corrected chi connectivity index (χ4v) is 2.54. The van der Waals surface area contributed by atoms with Gasteiger partial charge >= 0.3 is 0 Å².